The molecule has 0 aromatic rings. The summed E-state index contributed by atoms with van der Waals surface area (Å²) in [7, 11) is 0. The number of rotatable bonds is 6. The van der Waals surface area contributed by atoms with Gasteiger partial charge in [0.15, 0.2) is 0 Å². The highest BCUT2D eigenvalue weighted by molar-refractivity contribution is 5.74. The molecule has 3 N–H and O–H groups in total. The van der Waals surface area contributed by atoms with Crippen LogP contribution in [0.4, 0.5) is 4.79 Å². The Labute approximate surface area is 104 Å². The first-order valence-corrected chi connectivity index (χ1v) is 6.63. The zero-order valence-electron chi connectivity index (χ0n) is 11.4. The number of carbonyl (C=O) groups excluding carboxylic acids is 1. The normalized spacial score (nSPS) is 26.5. The summed E-state index contributed by atoms with van der Waals surface area (Å²) in [5.74, 6) is 0.785. The Morgan fingerprint density at radius 3 is 2.71 bits per heavy atom. The highest BCUT2D eigenvalue weighted by atomic mass is 16.3. The van der Waals surface area contributed by atoms with Crippen LogP contribution in [0.25, 0.3) is 0 Å². The van der Waals surface area contributed by atoms with Crippen molar-refractivity contribution in [3.8, 4) is 0 Å². The summed E-state index contributed by atoms with van der Waals surface area (Å²) in [4.78, 5) is 11.6. The first-order chi connectivity index (χ1) is 7.86. The van der Waals surface area contributed by atoms with Gasteiger partial charge < -0.3 is 15.7 Å². The topological polar surface area (TPSA) is 61.4 Å². The van der Waals surface area contributed by atoms with E-state index in [-0.39, 0.29) is 11.9 Å². The lowest BCUT2D eigenvalue weighted by molar-refractivity contribution is 0.0166. The molecule has 3 atom stereocenters. The summed E-state index contributed by atoms with van der Waals surface area (Å²) in [5, 5.41) is 15.7. The first kappa shape index (κ1) is 14.3. The Hall–Kier alpha value is -0.770. The minimum Gasteiger partial charge on any atom is -0.388 e. The molecular formula is C13H26N2O2. The van der Waals surface area contributed by atoms with Gasteiger partial charge in [-0.2, -0.15) is 0 Å². The molecule has 100 valence electrons. The average Bonchev–Trinajstić information content (AvgIpc) is 2.94. The van der Waals surface area contributed by atoms with E-state index in [0.29, 0.717) is 18.5 Å². The van der Waals surface area contributed by atoms with Crippen molar-refractivity contribution < 1.29 is 9.90 Å². The highest BCUT2D eigenvalue weighted by Crippen LogP contribution is 2.34. The molecule has 2 amide bonds. The quantitative estimate of drug-likeness (QED) is 0.666. The molecule has 4 nitrogen and oxygen atoms in total. The molecule has 0 heterocycles. The number of hydrogen-bond donors (Lipinski definition) is 3. The van der Waals surface area contributed by atoms with Crippen LogP contribution in [0.3, 0.4) is 0 Å². The third kappa shape index (κ3) is 4.54. The Morgan fingerprint density at radius 1 is 1.53 bits per heavy atom. The van der Waals surface area contributed by atoms with Crippen molar-refractivity contribution >= 4 is 6.03 Å². The Morgan fingerprint density at radius 2 is 2.18 bits per heavy atom. The zero-order valence-corrected chi connectivity index (χ0v) is 11.4. The lowest BCUT2D eigenvalue weighted by Gasteiger charge is -2.27. The minimum absolute atomic E-state index is 0.122. The molecule has 1 saturated carbocycles. The van der Waals surface area contributed by atoms with Gasteiger partial charge in [-0.25, -0.2) is 4.79 Å². The summed E-state index contributed by atoms with van der Waals surface area (Å²) < 4.78 is 0. The van der Waals surface area contributed by atoms with Crippen LogP contribution >= 0.6 is 0 Å². The van der Waals surface area contributed by atoms with Gasteiger partial charge in [0.05, 0.1) is 5.60 Å². The van der Waals surface area contributed by atoms with Crippen LogP contribution in [0.2, 0.25) is 0 Å². The van der Waals surface area contributed by atoms with E-state index in [1.54, 1.807) is 6.92 Å². The molecule has 1 fully saturated rings. The third-order valence-corrected chi connectivity index (χ3v) is 3.75. The number of carbonyl (C=O) groups is 1. The SMILES string of the molecule is CCCC1CC1NC(=O)NCC(C)(O)C(C)C. The van der Waals surface area contributed by atoms with Crippen LogP contribution in [0.1, 0.15) is 47.0 Å². The third-order valence-electron chi connectivity index (χ3n) is 3.75. The molecule has 0 radical (unpaired) electrons. The predicted octanol–water partition coefficient (Wildman–Crippen LogP) is 1.88. The number of urea groups is 1. The molecule has 0 saturated heterocycles. The molecule has 1 rings (SSSR count). The van der Waals surface area contributed by atoms with Gasteiger partial charge in [0.25, 0.3) is 0 Å². The summed E-state index contributed by atoms with van der Waals surface area (Å²) in [5.41, 5.74) is -0.844. The van der Waals surface area contributed by atoms with Gasteiger partial charge in [0.1, 0.15) is 0 Å². The molecule has 0 spiro atoms. The van der Waals surface area contributed by atoms with Gasteiger partial charge in [-0.15, -0.1) is 0 Å². The van der Waals surface area contributed by atoms with Gasteiger partial charge in [0, 0.05) is 12.6 Å². The number of nitrogens with one attached hydrogen (secondary N) is 2. The second-order valence-corrected chi connectivity index (χ2v) is 5.73. The van der Waals surface area contributed by atoms with Gasteiger partial charge in [-0.1, -0.05) is 27.2 Å². The van der Waals surface area contributed by atoms with Crippen molar-refractivity contribution in [3.63, 3.8) is 0 Å². The van der Waals surface area contributed by atoms with Crippen LogP contribution in [-0.4, -0.2) is 29.3 Å². The van der Waals surface area contributed by atoms with E-state index in [0.717, 1.165) is 6.42 Å². The summed E-state index contributed by atoms with van der Waals surface area (Å²) in [6.07, 6.45) is 3.46. The summed E-state index contributed by atoms with van der Waals surface area (Å²) in [6, 6.07) is 0.188. The molecule has 17 heavy (non-hydrogen) atoms. The van der Waals surface area contributed by atoms with E-state index in [9.17, 15) is 9.90 Å². The highest BCUT2D eigenvalue weighted by Gasteiger charge is 2.37. The maximum absolute atomic E-state index is 11.6. The first-order valence-electron chi connectivity index (χ1n) is 6.63. The molecule has 4 heteroatoms. The standard InChI is InChI=1S/C13H26N2O2/c1-5-6-10-7-11(10)15-12(16)14-8-13(4,17)9(2)3/h9-11,17H,5-8H2,1-4H3,(H2,14,15,16). The van der Waals surface area contributed by atoms with Crippen molar-refractivity contribution in [2.24, 2.45) is 11.8 Å². The molecule has 1 aliphatic rings. The second kappa shape index (κ2) is 5.71. The van der Waals surface area contributed by atoms with E-state index in [4.69, 9.17) is 0 Å². The largest absolute Gasteiger partial charge is 0.388 e. The number of amides is 2. The Bertz CT molecular complexity index is 264. The molecule has 0 bridgehead atoms. The maximum atomic E-state index is 11.6. The lowest BCUT2D eigenvalue weighted by atomic mass is 9.93. The van der Waals surface area contributed by atoms with Gasteiger partial charge in [-0.3, -0.25) is 0 Å². The number of hydrogen-bond acceptors (Lipinski definition) is 2. The Kier molecular flexibility index (Phi) is 4.80. The number of aliphatic hydroxyl groups is 1. The van der Waals surface area contributed by atoms with E-state index >= 15 is 0 Å². The lowest BCUT2D eigenvalue weighted by Crippen LogP contribution is -2.48. The van der Waals surface area contributed by atoms with E-state index in [1.165, 1.54) is 12.8 Å². The van der Waals surface area contributed by atoms with Crippen molar-refractivity contribution in [2.45, 2.75) is 58.6 Å². The molecule has 1 aliphatic carbocycles. The fourth-order valence-electron chi connectivity index (χ4n) is 1.80. The van der Waals surface area contributed by atoms with Gasteiger partial charge >= 0.3 is 6.03 Å². The van der Waals surface area contributed by atoms with Gasteiger partial charge in [0.2, 0.25) is 0 Å². The maximum Gasteiger partial charge on any atom is 0.315 e. The molecule has 0 aromatic heterocycles. The van der Waals surface area contributed by atoms with Crippen LogP contribution in [0, 0.1) is 11.8 Å². The van der Waals surface area contributed by atoms with Crippen molar-refractivity contribution in [1.29, 1.82) is 0 Å². The summed E-state index contributed by atoms with van der Waals surface area (Å²) in [6.45, 7) is 8.08. The van der Waals surface area contributed by atoms with E-state index in [2.05, 4.69) is 17.6 Å². The summed E-state index contributed by atoms with van der Waals surface area (Å²) >= 11 is 0. The molecular weight excluding hydrogens is 216 g/mol. The molecule has 0 aliphatic heterocycles. The van der Waals surface area contributed by atoms with Crippen molar-refractivity contribution in [2.75, 3.05) is 6.54 Å². The molecule has 0 aromatic carbocycles. The predicted molar refractivity (Wildman–Crippen MR) is 68.8 cm³/mol. The van der Waals surface area contributed by atoms with E-state index in [1.807, 2.05) is 13.8 Å². The average molecular weight is 242 g/mol. The van der Waals surface area contributed by atoms with Gasteiger partial charge in [-0.05, 0) is 31.6 Å². The molecule has 3 unspecified atom stereocenters. The monoisotopic (exact) mass is 242 g/mol. The zero-order chi connectivity index (χ0) is 13.1. The fraction of sp³-hybridized carbons (Fsp3) is 0.923. The van der Waals surface area contributed by atoms with Crippen molar-refractivity contribution in [1.82, 2.24) is 10.6 Å². The Balaban J connectivity index is 2.19. The second-order valence-electron chi connectivity index (χ2n) is 5.73. The van der Waals surface area contributed by atoms with Crippen LogP contribution < -0.4 is 10.6 Å². The van der Waals surface area contributed by atoms with Crippen LogP contribution in [-0.2, 0) is 0 Å². The smallest absolute Gasteiger partial charge is 0.315 e. The fourth-order valence-corrected chi connectivity index (χ4v) is 1.80. The van der Waals surface area contributed by atoms with Crippen LogP contribution in [0.5, 0.6) is 0 Å². The van der Waals surface area contributed by atoms with Crippen molar-refractivity contribution in [3.05, 3.63) is 0 Å². The van der Waals surface area contributed by atoms with E-state index < -0.39 is 5.60 Å². The minimum atomic E-state index is -0.844. The van der Waals surface area contributed by atoms with Crippen LogP contribution in [0.15, 0.2) is 0 Å².